The van der Waals surface area contributed by atoms with Gasteiger partial charge in [-0.15, -0.1) is 22.7 Å². The summed E-state index contributed by atoms with van der Waals surface area (Å²) in [5, 5.41) is 8.18. The van der Waals surface area contributed by atoms with Crippen LogP contribution in [0.15, 0.2) is 229 Å². The van der Waals surface area contributed by atoms with E-state index in [1.54, 1.807) is 0 Å². The van der Waals surface area contributed by atoms with E-state index in [1.165, 1.54) is 68.7 Å². The highest BCUT2D eigenvalue weighted by Gasteiger charge is 2.24. The van der Waals surface area contributed by atoms with Crippen LogP contribution < -0.4 is 0 Å². The van der Waals surface area contributed by atoms with Gasteiger partial charge in [-0.3, -0.25) is 0 Å². The summed E-state index contributed by atoms with van der Waals surface area (Å²) >= 11 is 3.64. The van der Waals surface area contributed by atoms with Gasteiger partial charge in [-0.25, -0.2) is 9.97 Å². The van der Waals surface area contributed by atoms with Crippen LogP contribution in [-0.2, 0) is 0 Å². The Morgan fingerprint density at radius 1 is 0.479 bits per heavy atom. The van der Waals surface area contributed by atoms with Crippen molar-refractivity contribution in [2.75, 3.05) is 0 Å². The van der Waals surface area contributed by atoms with Crippen molar-refractivity contribution in [3.63, 3.8) is 0 Å². The monoisotopic (exact) mass is 943 g/mol. The number of hydrogen-bond donors (Lipinski definition) is 0. The molecule has 0 amide bonds. The van der Waals surface area contributed by atoms with Gasteiger partial charge >= 0.3 is 0 Å². The molecule has 6 heteroatoms. The number of furan rings is 1. The van der Waals surface area contributed by atoms with E-state index in [4.69, 9.17) is 14.4 Å². The van der Waals surface area contributed by atoms with Crippen molar-refractivity contribution in [1.29, 1.82) is 0 Å². The van der Waals surface area contributed by atoms with Crippen molar-refractivity contribution in [2.45, 2.75) is 6.92 Å². The molecule has 0 saturated carbocycles. The molecular formula is C65H41N3OS2. The van der Waals surface area contributed by atoms with Gasteiger partial charge in [-0.2, -0.15) is 0 Å². The SMILES string of the molecule is C=C/C=C\C(=C/C)n1c2ccccc2c2cc(-c3ccc4oc5c(-c6cccc7c6sc6c(-c8ccccc8)cccc67)nc(-c6cccc7c6sc6c(-c8ccccc8)cccc67)nc5c4c3)ccc21. The van der Waals surface area contributed by atoms with Gasteiger partial charge in [0.2, 0.25) is 0 Å². The van der Waals surface area contributed by atoms with Gasteiger partial charge < -0.3 is 8.98 Å². The Balaban J connectivity index is 1.01. The Labute approximate surface area is 417 Å². The van der Waals surface area contributed by atoms with E-state index in [1.807, 2.05) is 34.8 Å². The zero-order valence-corrected chi connectivity index (χ0v) is 40.2. The zero-order valence-electron chi connectivity index (χ0n) is 38.6. The van der Waals surface area contributed by atoms with Gasteiger partial charge in [0, 0.05) is 73.3 Å². The highest BCUT2D eigenvalue weighted by molar-refractivity contribution is 7.27. The fraction of sp³-hybridized carbons (Fsp3) is 0.0154. The highest BCUT2D eigenvalue weighted by atomic mass is 32.1. The maximum absolute atomic E-state index is 7.00. The number of allylic oxidation sites excluding steroid dienone is 5. The van der Waals surface area contributed by atoms with Crippen molar-refractivity contribution in [2.24, 2.45) is 0 Å². The molecule has 71 heavy (non-hydrogen) atoms. The van der Waals surface area contributed by atoms with Crippen LogP contribution in [-0.4, -0.2) is 14.5 Å². The highest BCUT2D eigenvalue weighted by Crippen LogP contribution is 2.48. The van der Waals surface area contributed by atoms with E-state index in [0.29, 0.717) is 11.4 Å². The van der Waals surface area contributed by atoms with Crippen molar-refractivity contribution >= 4 is 113 Å². The van der Waals surface area contributed by atoms with Gasteiger partial charge in [0.05, 0.1) is 11.0 Å². The molecule has 4 nitrogen and oxygen atoms in total. The molecule has 0 aliphatic carbocycles. The van der Waals surface area contributed by atoms with Crippen molar-refractivity contribution < 1.29 is 4.42 Å². The number of fused-ring (bicyclic) bond motifs is 12. The second-order valence-electron chi connectivity index (χ2n) is 17.9. The lowest BCUT2D eigenvalue weighted by molar-refractivity contribution is 0.667. The van der Waals surface area contributed by atoms with Crippen LogP contribution in [0.2, 0.25) is 0 Å². The molecule has 0 saturated heterocycles. The molecule has 9 aromatic carbocycles. The first-order valence-corrected chi connectivity index (χ1v) is 25.5. The lowest BCUT2D eigenvalue weighted by atomic mass is 10.0. The summed E-state index contributed by atoms with van der Waals surface area (Å²) in [6, 6.07) is 69.8. The van der Waals surface area contributed by atoms with Crippen LogP contribution in [0.3, 0.4) is 0 Å². The Kier molecular flexibility index (Phi) is 9.59. The first-order chi connectivity index (χ1) is 35.1. The van der Waals surface area contributed by atoms with E-state index in [-0.39, 0.29) is 0 Å². The topological polar surface area (TPSA) is 43.9 Å². The lowest BCUT2D eigenvalue weighted by Crippen LogP contribution is -1.94. The number of hydrogen-bond acceptors (Lipinski definition) is 5. The Hall–Kier alpha value is -8.68. The van der Waals surface area contributed by atoms with Crippen LogP contribution in [0.5, 0.6) is 0 Å². The van der Waals surface area contributed by atoms with Gasteiger partial charge in [0.15, 0.2) is 11.4 Å². The fourth-order valence-electron chi connectivity index (χ4n) is 10.7. The second-order valence-corrected chi connectivity index (χ2v) is 20.0. The number of nitrogens with zero attached hydrogens (tertiary/aromatic N) is 3. The average Bonchev–Trinajstić information content (AvgIpc) is 4.20. The van der Waals surface area contributed by atoms with Crippen molar-refractivity contribution in [1.82, 2.24) is 14.5 Å². The van der Waals surface area contributed by atoms with Crippen molar-refractivity contribution in [3.05, 3.63) is 225 Å². The summed E-state index contributed by atoms with van der Waals surface area (Å²) < 4.78 is 14.2. The molecule has 0 aliphatic rings. The summed E-state index contributed by atoms with van der Waals surface area (Å²) in [6.07, 6.45) is 8.07. The van der Waals surface area contributed by atoms with Gasteiger partial charge in [0.25, 0.3) is 0 Å². The fourth-order valence-corrected chi connectivity index (χ4v) is 13.4. The average molecular weight is 944 g/mol. The molecule has 5 aromatic heterocycles. The maximum atomic E-state index is 7.00. The molecule has 0 bridgehead atoms. The van der Waals surface area contributed by atoms with Gasteiger partial charge in [-0.05, 0) is 82.8 Å². The molecule has 0 fully saturated rings. The summed E-state index contributed by atoms with van der Waals surface area (Å²) in [7, 11) is 0. The molecule has 5 heterocycles. The number of benzene rings is 9. The first-order valence-electron chi connectivity index (χ1n) is 23.9. The minimum atomic E-state index is 0.668. The minimum Gasteiger partial charge on any atom is -0.452 e. The molecule has 14 rings (SSSR count). The molecule has 14 aromatic rings. The first kappa shape index (κ1) is 41.3. The Morgan fingerprint density at radius 2 is 1.00 bits per heavy atom. The molecule has 0 unspecified atom stereocenters. The normalized spacial score (nSPS) is 12.4. The Bertz CT molecular complexity index is 4550. The predicted octanol–water partition coefficient (Wildman–Crippen LogP) is 19.2. The zero-order chi connectivity index (χ0) is 47.2. The second kappa shape index (κ2) is 16.5. The molecule has 0 spiro atoms. The number of thiophene rings is 2. The van der Waals surface area contributed by atoms with Gasteiger partial charge in [0.1, 0.15) is 16.8 Å². The van der Waals surface area contributed by atoms with E-state index < -0.39 is 0 Å². The molecular weight excluding hydrogens is 903 g/mol. The number of para-hydroxylation sites is 1. The van der Waals surface area contributed by atoms with Crippen LogP contribution >= 0.6 is 22.7 Å². The Morgan fingerprint density at radius 3 is 1.63 bits per heavy atom. The van der Waals surface area contributed by atoms with E-state index in [9.17, 15) is 0 Å². The van der Waals surface area contributed by atoms with Crippen LogP contribution in [0, 0.1) is 0 Å². The summed E-state index contributed by atoms with van der Waals surface area (Å²) in [5.74, 6) is 0.668. The summed E-state index contributed by atoms with van der Waals surface area (Å²) in [6.45, 7) is 6.00. The van der Waals surface area contributed by atoms with Crippen LogP contribution in [0.1, 0.15) is 6.92 Å². The molecule has 334 valence electrons. The van der Waals surface area contributed by atoms with E-state index in [2.05, 4.69) is 224 Å². The lowest BCUT2D eigenvalue weighted by Gasteiger charge is -2.09. The van der Waals surface area contributed by atoms with Crippen LogP contribution in [0.4, 0.5) is 0 Å². The van der Waals surface area contributed by atoms with Gasteiger partial charge in [-0.1, -0.05) is 183 Å². The van der Waals surface area contributed by atoms with E-state index >= 15 is 0 Å². The third kappa shape index (κ3) is 6.49. The smallest absolute Gasteiger partial charge is 0.180 e. The minimum absolute atomic E-state index is 0.668. The quantitative estimate of drug-likeness (QED) is 0.143. The molecule has 0 atom stereocenters. The number of aromatic nitrogens is 3. The largest absolute Gasteiger partial charge is 0.452 e. The number of rotatable bonds is 8. The molecule has 0 aliphatic heterocycles. The third-order valence-corrected chi connectivity index (χ3v) is 16.6. The molecule has 0 radical (unpaired) electrons. The standard InChI is InChI=1S/C65H41N3OS2/c1-3-5-22-43(4-2)68-55-32-13-12-23-46(55)53-37-41(33-35-56(53)68)42-34-36-57-54(38-42)59-60(69-57)58(51-30-16-28-49-47-26-14-24-44(61(47)70-63(49)51)39-18-8-6-9-19-39)66-65(67-59)52-31-17-29-50-48-27-15-25-45(62(48)71-64(50)52)40-20-10-7-11-21-40/h3-38H,1H2,2H3/b22-5-,43-4+. The van der Waals surface area contributed by atoms with Crippen molar-refractivity contribution in [3.8, 4) is 56.0 Å². The van der Waals surface area contributed by atoms with E-state index in [0.717, 1.165) is 65.9 Å². The maximum Gasteiger partial charge on any atom is 0.180 e. The third-order valence-electron chi connectivity index (χ3n) is 14.0. The summed E-state index contributed by atoms with van der Waals surface area (Å²) in [5.41, 5.74) is 15.5. The van der Waals surface area contributed by atoms with Crippen LogP contribution in [0.25, 0.3) is 146 Å². The molecule has 0 N–H and O–H groups in total. The summed E-state index contributed by atoms with van der Waals surface area (Å²) in [4.78, 5) is 11.2. The predicted molar refractivity (Wildman–Crippen MR) is 305 cm³/mol.